The third kappa shape index (κ3) is 5.06. The van der Waals surface area contributed by atoms with Crippen LogP contribution in [0.25, 0.3) is 22.6 Å². The number of aromatic nitrogens is 1. The molecule has 31 heavy (non-hydrogen) atoms. The van der Waals surface area contributed by atoms with Crippen LogP contribution in [0, 0.1) is 0 Å². The van der Waals surface area contributed by atoms with Crippen LogP contribution in [-0.4, -0.2) is 17.5 Å². The molecule has 0 spiro atoms. The lowest BCUT2D eigenvalue weighted by atomic mass is 9.98. The van der Waals surface area contributed by atoms with Crippen molar-refractivity contribution in [3.63, 3.8) is 0 Å². The number of carbonyl (C=O) groups is 1. The first-order valence-electron chi connectivity index (χ1n) is 10.2. The largest absolute Gasteiger partial charge is 0.484 e. The van der Waals surface area contributed by atoms with E-state index in [-0.39, 0.29) is 12.5 Å². The lowest BCUT2D eigenvalue weighted by Gasteiger charge is -2.08. The van der Waals surface area contributed by atoms with Crippen LogP contribution in [0.3, 0.4) is 0 Å². The summed E-state index contributed by atoms with van der Waals surface area (Å²) in [5, 5.41) is 3.45. The molecule has 0 saturated carbocycles. The van der Waals surface area contributed by atoms with E-state index in [9.17, 15) is 4.79 Å². The smallest absolute Gasteiger partial charge is 0.262 e. The molecule has 1 atom stereocenters. The van der Waals surface area contributed by atoms with Gasteiger partial charge < -0.3 is 14.5 Å². The molecule has 4 aromatic rings. The van der Waals surface area contributed by atoms with Gasteiger partial charge in [0.15, 0.2) is 12.2 Å². The fourth-order valence-electron chi connectivity index (χ4n) is 3.22. The number of rotatable bonds is 7. The van der Waals surface area contributed by atoms with Gasteiger partial charge in [0.25, 0.3) is 5.91 Å². The summed E-state index contributed by atoms with van der Waals surface area (Å²) in [5.41, 5.74) is 4.26. The Balaban J connectivity index is 1.46. The minimum absolute atomic E-state index is 0.104. The van der Waals surface area contributed by atoms with Crippen LogP contribution in [0.2, 0.25) is 5.02 Å². The number of nitrogens with zero attached hydrogens (tertiary/aromatic N) is 1. The van der Waals surface area contributed by atoms with Gasteiger partial charge in [-0.25, -0.2) is 4.98 Å². The number of anilines is 1. The number of hydrogen-bond donors (Lipinski definition) is 1. The summed E-state index contributed by atoms with van der Waals surface area (Å²) in [5.74, 6) is 1.31. The van der Waals surface area contributed by atoms with Gasteiger partial charge in [-0.15, -0.1) is 0 Å². The van der Waals surface area contributed by atoms with Gasteiger partial charge in [-0.05, 0) is 72.5 Å². The quantitative estimate of drug-likeness (QED) is 0.352. The van der Waals surface area contributed by atoms with Crippen molar-refractivity contribution in [3.8, 4) is 17.2 Å². The Morgan fingerprint density at radius 2 is 1.94 bits per heavy atom. The molecule has 3 aromatic carbocycles. The van der Waals surface area contributed by atoms with E-state index in [4.69, 9.17) is 20.8 Å². The second-order valence-corrected chi connectivity index (χ2v) is 7.86. The second kappa shape index (κ2) is 9.23. The topological polar surface area (TPSA) is 64.4 Å². The summed E-state index contributed by atoms with van der Waals surface area (Å²) in [4.78, 5) is 16.9. The highest BCUT2D eigenvalue weighted by molar-refractivity contribution is 6.30. The number of hydrogen-bond acceptors (Lipinski definition) is 4. The molecule has 4 rings (SSSR count). The van der Waals surface area contributed by atoms with Gasteiger partial charge in [0.05, 0.1) is 0 Å². The standard InChI is InChI=1S/C25H23ClN2O3/c1-3-16(2)17-7-12-23-22(14-17)28-25(31-23)18-5-4-6-20(13-18)27-24(29)15-30-21-10-8-19(26)9-11-21/h4-14,16H,3,15H2,1-2H3,(H,27,29)/t16-/m0/s1. The van der Waals surface area contributed by atoms with Gasteiger partial charge >= 0.3 is 0 Å². The maximum absolute atomic E-state index is 12.3. The third-order valence-electron chi connectivity index (χ3n) is 5.17. The van der Waals surface area contributed by atoms with Crippen molar-refractivity contribution in [1.29, 1.82) is 0 Å². The van der Waals surface area contributed by atoms with E-state index in [1.165, 1.54) is 5.56 Å². The number of amides is 1. The van der Waals surface area contributed by atoms with Crippen LogP contribution in [0.1, 0.15) is 31.7 Å². The number of nitrogens with one attached hydrogen (secondary N) is 1. The maximum Gasteiger partial charge on any atom is 0.262 e. The van der Waals surface area contributed by atoms with Gasteiger partial charge in [0.2, 0.25) is 5.89 Å². The fourth-order valence-corrected chi connectivity index (χ4v) is 3.34. The first-order chi connectivity index (χ1) is 15.0. The van der Waals surface area contributed by atoms with E-state index in [0.29, 0.717) is 28.3 Å². The lowest BCUT2D eigenvalue weighted by molar-refractivity contribution is -0.118. The molecule has 0 saturated heterocycles. The van der Waals surface area contributed by atoms with Gasteiger partial charge in [0, 0.05) is 16.3 Å². The minimum atomic E-state index is -0.261. The summed E-state index contributed by atoms with van der Waals surface area (Å²) < 4.78 is 11.4. The van der Waals surface area contributed by atoms with Crippen LogP contribution in [0.5, 0.6) is 5.75 Å². The number of ether oxygens (including phenoxy) is 1. The SMILES string of the molecule is CC[C@H](C)c1ccc2oc(-c3cccc(NC(=O)COc4ccc(Cl)cc4)c3)nc2c1. The molecule has 1 N–H and O–H groups in total. The van der Waals surface area contributed by atoms with Crippen molar-refractivity contribution < 1.29 is 13.9 Å². The van der Waals surface area contributed by atoms with E-state index in [0.717, 1.165) is 23.1 Å². The van der Waals surface area contributed by atoms with Gasteiger partial charge in [0.1, 0.15) is 11.3 Å². The highest BCUT2D eigenvalue weighted by atomic mass is 35.5. The van der Waals surface area contributed by atoms with E-state index in [1.54, 1.807) is 24.3 Å². The zero-order valence-corrected chi connectivity index (χ0v) is 18.1. The Hall–Kier alpha value is -3.31. The van der Waals surface area contributed by atoms with Gasteiger partial charge in [-0.1, -0.05) is 37.6 Å². The molecule has 1 aromatic heterocycles. The number of oxazole rings is 1. The van der Waals surface area contributed by atoms with Crippen LogP contribution in [0.15, 0.2) is 71.1 Å². The summed E-state index contributed by atoms with van der Waals surface area (Å²) in [6.07, 6.45) is 1.07. The van der Waals surface area contributed by atoms with Gasteiger partial charge in [-0.3, -0.25) is 4.79 Å². The van der Waals surface area contributed by atoms with Crippen molar-refractivity contribution in [1.82, 2.24) is 4.98 Å². The summed E-state index contributed by atoms with van der Waals surface area (Å²) in [7, 11) is 0. The number of fused-ring (bicyclic) bond motifs is 1. The summed E-state index contributed by atoms with van der Waals surface area (Å²) in [6.45, 7) is 4.27. The molecular weight excluding hydrogens is 412 g/mol. The van der Waals surface area contributed by atoms with Crippen molar-refractivity contribution in [3.05, 3.63) is 77.3 Å². The number of carbonyl (C=O) groups excluding carboxylic acids is 1. The molecular formula is C25H23ClN2O3. The molecule has 0 bridgehead atoms. The van der Waals surface area contributed by atoms with E-state index >= 15 is 0 Å². The molecule has 0 aliphatic carbocycles. The Bertz CT molecular complexity index is 1200. The number of halogens is 1. The predicted octanol–water partition coefficient (Wildman–Crippen LogP) is 6.68. The van der Waals surface area contributed by atoms with E-state index in [2.05, 4.69) is 36.3 Å². The molecule has 0 aliphatic heterocycles. The summed E-state index contributed by atoms with van der Waals surface area (Å²) >= 11 is 5.85. The molecule has 0 unspecified atom stereocenters. The van der Waals surface area contributed by atoms with Crippen molar-refractivity contribution in [2.45, 2.75) is 26.2 Å². The van der Waals surface area contributed by atoms with Crippen molar-refractivity contribution in [2.24, 2.45) is 0 Å². The number of benzene rings is 3. The average molecular weight is 435 g/mol. The fraction of sp³-hybridized carbons (Fsp3) is 0.200. The third-order valence-corrected chi connectivity index (χ3v) is 5.42. The zero-order valence-electron chi connectivity index (χ0n) is 17.4. The monoisotopic (exact) mass is 434 g/mol. The van der Waals surface area contributed by atoms with Crippen LogP contribution >= 0.6 is 11.6 Å². The molecule has 5 nitrogen and oxygen atoms in total. The molecule has 0 radical (unpaired) electrons. The highest BCUT2D eigenvalue weighted by Gasteiger charge is 2.12. The van der Waals surface area contributed by atoms with Crippen molar-refractivity contribution in [2.75, 3.05) is 11.9 Å². The van der Waals surface area contributed by atoms with Crippen LogP contribution in [0.4, 0.5) is 5.69 Å². The molecule has 1 amide bonds. The Morgan fingerprint density at radius 1 is 1.13 bits per heavy atom. The normalized spacial score (nSPS) is 12.0. The minimum Gasteiger partial charge on any atom is -0.484 e. The highest BCUT2D eigenvalue weighted by Crippen LogP contribution is 2.29. The van der Waals surface area contributed by atoms with E-state index in [1.807, 2.05) is 30.3 Å². The van der Waals surface area contributed by atoms with Crippen molar-refractivity contribution >= 4 is 34.3 Å². The maximum atomic E-state index is 12.3. The van der Waals surface area contributed by atoms with Crippen LogP contribution in [-0.2, 0) is 4.79 Å². The Morgan fingerprint density at radius 3 is 2.71 bits per heavy atom. The first kappa shape index (κ1) is 20.9. The predicted molar refractivity (Wildman–Crippen MR) is 124 cm³/mol. The molecule has 1 heterocycles. The first-order valence-corrected chi connectivity index (χ1v) is 10.6. The Kier molecular flexibility index (Phi) is 6.23. The second-order valence-electron chi connectivity index (χ2n) is 7.43. The Labute approximate surface area is 186 Å². The molecule has 0 fully saturated rings. The van der Waals surface area contributed by atoms with E-state index < -0.39 is 0 Å². The van der Waals surface area contributed by atoms with Crippen LogP contribution < -0.4 is 10.1 Å². The van der Waals surface area contributed by atoms with Gasteiger partial charge in [-0.2, -0.15) is 0 Å². The lowest BCUT2D eigenvalue weighted by Crippen LogP contribution is -2.20. The average Bonchev–Trinajstić information content (AvgIpc) is 3.22. The molecule has 6 heteroatoms. The molecule has 0 aliphatic rings. The zero-order chi connectivity index (χ0) is 21.8. The molecule has 158 valence electrons. The summed E-state index contributed by atoms with van der Waals surface area (Å²) in [6, 6.07) is 20.4.